The van der Waals surface area contributed by atoms with Crippen LogP contribution in [0, 0.1) is 6.92 Å². The molecule has 0 bridgehead atoms. The first-order valence-corrected chi connectivity index (χ1v) is 6.10. The average molecular weight is 326 g/mol. The van der Waals surface area contributed by atoms with Gasteiger partial charge in [-0.15, -0.1) is 4.80 Å². The molecule has 0 spiro atoms. The maximum Gasteiger partial charge on any atom is 0.416 e. The summed E-state index contributed by atoms with van der Waals surface area (Å²) in [6, 6.07) is 1.50. The number of nitrogens with zero attached hydrogens (tertiary/aromatic N) is 3. The summed E-state index contributed by atoms with van der Waals surface area (Å²) in [6.45, 7) is 1.25. The van der Waals surface area contributed by atoms with Crippen molar-refractivity contribution >= 4 is 23.2 Å². The lowest BCUT2D eigenvalue weighted by Crippen LogP contribution is -2.08. The highest BCUT2D eigenvalue weighted by molar-refractivity contribution is 6.37. The predicted molar refractivity (Wildman–Crippen MR) is 67.0 cm³/mol. The lowest BCUT2D eigenvalue weighted by Gasteiger charge is -2.11. The van der Waals surface area contributed by atoms with E-state index in [9.17, 15) is 13.2 Å². The van der Waals surface area contributed by atoms with E-state index in [0.717, 1.165) is 16.9 Å². The Bertz CT molecular complexity index is 632. The van der Waals surface area contributed by atoms with E-state index >= 15 is 0 Å². The molecule has 1 N–H and O–H groups in total. The van der Waals surface area contributed by atoms with Crippen molar-refractivity contribution in [2.24, 2.45) is 0 Å². The Morgan fingerprint density at radius 1 is 1.20 bits per heavy atom. The third-order valence-corrected chi connectivity index (χ3v) is 3.15. The second kappa shape index (κ2) is 5.23. The van der Waals surface area contributed by atoms with Crippen molar-refractivity contribution in [1.29, 1.82) is 0 Å². The molecule has 1 heterocycles. The molecular weight excluding hydrogens is 318 g/mol. The highest BCUT2D eigenvalue weighted by atomic mass is 35.5. The van der Waals surface area contributed by atoms with Gasteiger partial charge in [0.15, 0.2) is 0 Å². The molecule has 1 aromatic heterocycles. The number of alkyl halides is 3. The lowest BCUT2D eigenvalue weighted by atomic mass is 10.2. The van der Waals surface area contributed by atoms with Gasteiger partial charge in [0, 0.05) is 0 Å². The van der Waals surface area contributed by atoms with E-state index in [2.05, 4.69) is 10.2 Å². The summed E-state index contributed by atoms with van der Waals surface area (Å²) in [6.07, 6.45) is -4.55. The van der Waals surface area contributed by atoms with Gasteiger partial charge in [-0.1, -0.05) is 23.2 Å². The Morgan fingerprint density at radius 2 is 1.75 bits per heavy atom. The van der Waals surface area contributed by atoms with Crippen LogP contribution in [0.4, 0.5) is 13.2 Å². The topological polar surface area (TPSA) is 50.9 Å². The van der Waals surface area contributed by atoms with Gasteiger partial charge in [0.05, 0.1) is 27.9 Å². The van der Waals surface area contributed by atoms with Gasteiger partial charge in [0.25, 0.3) is 0 Å². The molecule has 0 unspecified atom stereocenters. The second-order valence-corrected chi connectivity index (χ2v) is 4.78. The van der Waals surface area contributed by atoms with E-state index in [1.54, 1.807) is 6.92 Å². The number of hydrogen-bond donors (Lipinski definition) is 1. The third kappa shape index (κ3) is 2.74. The number of rotatable bonds is 2. The number of aliphatic hydroxyl groups excluding tert-OH is 1. The van der Waals surface area contributed by atoms with Crippen molar-refractivity contribution < 1.29 is 18.3 Å². The summed E-state index contributed by atoms with van der Waals surface area (Å²) in [5.74, 6) is 0. The maximum atomic E-state index is 12.6. The fourth-order valence-electron chi connectivity index (χ4n) is 1.58. The van der Waals surface area contributed by atoms with Crippen molar-refractivity contribution in [1.82, 2.24) is 15.0 Å². The van der Waals surface area contributed by atoms with Crippen LogP contribution in [-0.2, 0) is 12.8 Å². The van der Waals surface area contributed by atoms with Crippen molar-refractivity contribution in [3.63, 3.8) is 0 Å². The maximum absolute atomic E-state index is 12.6. The molecule has 0 amide bonds. The Balaban J connectivity index is 2.58. The molecule has 108 valence electrons. The molecule has 4 nitrogen and oxygen atoms in total. The predicted octanol–water partition coefficient (Wildman–Crippen LogP) is 3.39. The van der Waals surface area contributed by atoms with Gasteiger partial charge in [0.1, 0.15) is 11.4 Å². The zero-order valence-corrected chi connectivity index (χ0v) is 11.6. The fourth-order valence-corrected chi connectivity index (χ4v) is 2.21. The molecule has 20 heavy (non-hydrogen) atoms. The van der Waals surface area contributed by atoms with Gasteiger partial charge < -0.3 is 5.11 Å². The van der Waals surface area contributed by atoms with Crippen molar-refractivity contribution in [3.05, 3.63) is 39.1 Å². The van der Waals surface area contributed by atoms with Crippen LogP contribution in [0.25, 0.3) is 5.69 Å². The van der Waals surface area contributed by atoms with Gasteiger partial charge in [-0.05, 0) is 19.1 Å². The lowest BCUT2D eigenvalue weighted by molar-refractivity contribution is -0.137. The molecule has 0 saturated heterocycles. The monoisotopic (exact) mass is 325 g/mol. The standard InChI is InChI=1S/C11H8Cl2F3N3O/c1-5-9(4-20)18-19(17-5)10-7(12)2-6(3-8(10)13)11(14,15)16/h2-3,20H,4H2,1H3. The van der Waals surface area contributed by atoms with Crippen LogP contribution >= 0.6 is 23.2 Å². The van der Waals surface area contributed by atoms with E-state index < -0.39 is 11.7 Å². The van der Waals surface area contributed by atoms with E-state index in [1.807, 2.05) is 0 Å². The van der Waals surface area contributed by atoms with E-state index in [4.69, 9.17) is 28.3 Å². The Kier molecular flexibility index (Phi) is 3.95. The first-order valence-electron chi connectivity index (χ1n) is 5.34. The summed E-state index contributed by atoms with van der Waals surface area (Å²) >= 11 is 11.7. The molecule has 0 saturated carbocycles. The van der Waals surface area contributed by atoms with E-state index in [0.29, 0.717) is 5.69 Å². The van der Waals surface area contributed by atoms with Crippen LogP contribution in [0.2, 0.25) is 10.0 Å². The molecule has 1 aromatic carbocycles. The Hall–Kier alpha value is -1.31. The molecule has 0 atom stereocenters. The zero-order chi connectivity index (χ0) is 15.1. The highest BCUT2D eigenvalue weighted by Crippen LogP contribution is 2.37. The largest absolute Gasteiger partial charge is 0.416 e. The quantitative estimate of drug-likeness (QED) is 0.920. The van der Waals surface area contributed by atoms with Crippen molar-refractivity contribution in [3.8, 4) is 5.69 Å². The van der Waals surface area contributed by atoms with E-state index in [-0.39, 0.29) is 28.0 Å². The van der Waals surface area contributed by atoms with Crippen molar-refractivity contribution in [2.45, 2.75) is 19.7 Å². The van der Waals surface area contributed by atoms with Crippen LogP contribution in [0.5, 0.6) is 0 Å². The Morgan fingerprint density at radius 3 is 2.15 bits per heavy atom. The normalized spacial score (nSPS) is 11.9. The molecule has 9 heteroatoms. The minimum Gasteiger partial charge on any atom is -0.390 e. The number of aryl methyl sites for hydroxylation is 1. The molecule has 0 aliphatic heterocycles. The SMILES string of the molecule is Cc1nn(-c2c(Cl)cc(C(F)(F)F)cc2Cl)nc1CO. The molecule has 2 aromatic rings. The first-order chi connectivity index (χ1) is 9.24. The molecular formula is C11H8Cl2F3N3O. The summed E-state index contributed by atoms with van der Waals surface area (Å²) in [5, 5.41) is 16.5. The number of halogens is 5. The van der Waals surface area contributed by atoms with Gasteiger partial charge in [-0.25, -0.2) is 0 Å². The first kappa shape index (κ1) is 15.1. The second-order valence-electron chi connectivity index (χ2n) is 3.97. The fraction of sp³-hybridized carbons (Fsp3) is 0.273. The van der Waals surface area contributed by atoms with Crippen LogP contribution < -0.4 is 0 Å². The number of aliphatic hydroxyl groups is 1. The molecule has 2 rings (SSSR count). The van der Waals surface area contributed by atoms with Crippen molar-refractivity contribution in [2.75, 3.05) is 0 Å². The number of aromatic nitrogens is 3. The van der Waals surface area contributed by atoms with Gasteiger partial charge >= 0.3 is 6.18 Å². The molecule has 0 aliphatic rings. The van der Waals surface area contributed by atoms with Crippen LogP contribution in [0.1, 0.15) is 17.0 Å². The molecule has 0 aliphatic carbocycles. The van der Waals surface area contributed by atoms with Gasteiger partial charge in [0.2, 0.25) is 0 Å². The molecule has 0 fully saturated rings. The third-order valence-electron chi connectivity index (χ3n) is 2.57. The number of hydrogen-bond acceptors (Lipinski definition) is 3. The average Bonchev–Trinajstić information content (AvgIpc) is 2.68. The van der Waals surface area contributed by atoms with Gasteiger partial charge in [-0.3, -0.25) is 0 Å². The van der Waals surface area contributed by atoms with Crippen LogP contribution in [0.15, 0.2) is 12.1 Å². The highest BCUT2D eigenvalue weighted by Gasteiger charge is 2.32. The summed E-state index contributed by atoms with van der Waals surface area (Å²) in [4.78, 5) is 1.01. The van der Waals surface area contributed by atoms with Crippen LogP contribution in [-0.4, -0.2) is 20.1 Å². The molecule has 0 radical (unpaired) electrons. The summed E-state index contributed by atoms with van der Waals surface area (Å²) in [5.41, 5.74) is -0.205. The summed E-state index contributed by atoms with van der Waals surface area (Å²) in [7, 11) is 0. The van der Waals surface area contributed by atoms with Gasteiger partial charge in [-0.2, -0.15) is 23.4 Å². The minimum absolute atomic E-state index is 0.0316. The number of benzene rings is 1. The smallest absolute Gasteiger partial charge is 0.390 e. The van der Waals surface area contributed by atoms with E-state index in [1.165, 1.54) is 0 Å². The minimum atomic E-state index is -4.55. The van der Waals surface area contributed by atoms with Crippen LogP contribution in [0.3, 0.4) is 0 Å². The Labute approximate surface area is 121 Å². The zero-order valence-electron chi connectivity index (χ0n) is 10.0. The summed E-state index contributed by atoms with van der Waals surface area (Å²) < 4.78 is 37.8.